The third-order valence-electron chi connectivity index (χ3n) is 4.93. The van der Waals surface area contributed by atoms with Gasteiger partial charge in [0.25, 0.3) is 5.88 Å². The van der Waals surface area contributed by atoms with Gasteiger partial charge in [-0.2, -0.15) is 0 Å². The molecule has 0 radical (unpaired) electrons. The fraction of sp³-hybridized carbons (Fsp3) is 0.292. The van der Waals surface area contributed by atoms with Gasteiger partial charge in [0.2, 0.25) is 0 Å². The van der Waals surface area contributed by atoms with E-state index in [0.717, 1.165) is 36.3 Å². The monoisotopic (exact) mass is 513 g/mol. The number of hydrogen-bond donors (Lipinski definition) is 2. The predicted molar refractivity (Wildman–Crippen MR) is 133 cm³/mol. The van der Waals surface area contributed by atoms with Crippen LogP contribution in [0.1, 0.15) is 11.4 Å². The lowest BCUT2D eigenvalue weighted by molar-refractivity contribution is 0.215. The number of hydrogen-bond acceptors (Lipinski definition) is 7. The molecule has 8 nitrogen and oxygen atoms in total. The molecule has 1 saturated heterocycles. The van der Waals surface area contributed by atoms with Gasteiger partial charge in [-0.05, 0) is 44.2 Å². The number of benzene rings is 2. The molecule has 1 amide bonds. The van der Waals surface area contributed by atoms with Crippen molar-refractivity contribution in [3.63, 3.8) is 0 Å². The van der Waals surface area contributed by atoms with Crippen LogP contribution >= 0.6 is 15.9 Å². The molecule has 3 aromatic rings. The molecule has 9 heteroatoms. The van der Waals surface area contributed by atoms with E-state index < -0.39 is 6.09 Å². The number of ether oxygens (including phenoxy) is 2. The van der Waals surface area contributed by atoms with Gasteiger partial charge in [-0.25, -0.2) is 14.8 Å². The van der Waals surface area contributed by atoms with Crippen LogP contribution in [0.3, 0.4) is 0 Å². The number of aromatic nitrogens is 2. The number of rotatable bonds is 4. The topological polar surface area (TPSA) is 88.6 Å². The van der Waals surface area contributed by atoms with Gasteiger partial charge in [0.15, 0.2) is 5.82 Å². The summed E-state index contributed by atoms with van der Waals surface area (Å²) in [6, 6.07) is 17.2. The van der Waals surface area contributed by atoms with Crippen LogP contribution in [-0.4, -0.2) is 49.4 Å². The molecule has 0 atom stereocenters. The average Bonchev–Trinajstić information content (AvgIpc) is 2.83. The normalized spacial score (nSPS) is 12.9. The molecule has 174 valence electrons. The van der Waals surface area contributed by atoms with Gasteiger partial charge >= 0.3 is 6.09 Å². The van der Waals surface area contributed by atoms with E-state index in [4.69, 9.17) is 9.47 Å². The van der Waals surface area contributed by atoms with Crippen LogP contribution in [0.4, 0.5) is 16.3 Å². The highest BCUT2D eigenvalue weighted by Crippen LogP contribution is 2.21. The largest absolute Gasteiger partial charge is 0.478 e. The van der Waals surface area contributed by atoms with Crippen molar-refractivity contribution >= 4 is 33.5 Å². The number of carbonyl (C=O) groups is 1. The van der Waals surface area contributed by atoms with Gasteiger partial charge in [-0.15, -0.1) is 0 Å². The minimum Gasteiger partial charge on any atom is -0.478 e. The first-order valence-corrected chi connectivity index (χ1v) is 11.4. The minimum atomic E-state index is -0.646. The third kappa shape index (κ3) is 7.44. The summed E-state index contributed by atoms with van der Waals surface area (Å²) in [5.41, 5.74) is 2.76. The number of nitrogens with zero attached hydrogens (tertiary/aromatic N) is 3. The van der Waals surface area contributed by atoms with Crippen LogP contribution in [-0.2, 0) is 0 Å². The van der Waals surface area contributed by atoms with E-state index in [2.05, 4.69) is 65.7 Å². The Kier molecular flexibility index (Phi) is 9.03. The second-order valence-electron chi connectivity index (χ2n) is 7.30. The van der Waals surface area contributed by atoms with Gasteiger partial charge in [-0.3, -0.25) is 5.32 Å². The number of carbonyl (C=O) groups excluding carboxylic acids is 1. The molecule has 1 fully saturated rings. The Labute approximate surface area is 202 Å². The summed E-state index contributed by atoms with van der Waals surface area (Å²) in [7, 11) is 1.46. The molecule has 4 rings (SSSR count). The number of anilines is 2. The summed E-state index contributed by atoms with van der Waals surface area (Å²) in [4.78, 5) is 22.6. The Morgan fingerprint density at radius 2 is 1.73 bits per heavy atom. The lowest BCUT2D eigenvalue weighted by Crippen LogP contribution is -2.43. The van der Waals surface area contributed by atoms with Gasteiger partial charge in [-0.1, -0.05) is 40.2 Å². The molecule has 2 heterocycles. The maximum Gasteiger partial charge on any atom is 0.418 e. The van der Waals surface area contributed by atoms with Crippen molar-refractivity contribution in [1.82, 2.24) is 15.3 Å². The average molecular weight is 514 g/mol. The number of amides is 1. The summed E-state index contributed by atoms with van der Waals surface area (Å²) >= 11 is 3.49. The van der Waals surface area contributed by atoms with Crippen LogP contribution in [0.25, 0.3) is 0 Å². The van der Waals surface area contributed by atoms with E-state index in [9.17, 15) is 4.79 Å². The van der Waals surface area contributed by atoms with Gasteiger partial charge in [0.1, 0.15) is 5.75 Å². The Hall–Kier alpha value is -3.17. The lowest BCUT2D eigenvalue weighted by Gasteiger charge is -2.29. The van der Waals surface area contributed by atoms with Crippen molar-refractivity contribution in [3.05, 3.63) is 70.5 Å². The molecule has 0 saturated carbocycles. The molecule has 0 spiro atoms. The zero-order chi connectivity index (χ0) is 23.6. The first kappa shape index (κ1) is 24.5. The standard InChI is InChI=1S/C14H15N3O3.C10H13BrN2/c1-9-10(2)16-13(19-3)12(15-9)17-14(18)20-11-7-5-4-6-8-11;11-9-2-1-3-10(8-9)13-6-4-12-5-7-13/h4-8H,1-3H3,(H,15,17,18);1-3,8,12H,4-7H2. The van der Waals surface area contributed by atoms with Crippen molar-refractivity contribution in [2.24, 2.45) is 0 Å². The number of aryl methyl sites for hydroxylation is 2. The van der Waals surface area contributed by atoms with Crippen molar-refractivity contribution in [1.29, 1.82) is 0 Å². The Bertz CT molecular complexity index is 1060. The fourth-order valence-electron chi connectivity index (χ4n) is 3.12. The Morgan fingerprint density at radius 1 is 1.03 bits per heavy atom. The molecule has 1 aromatic heterocycles. The SMILES string of the molecule is Brc1cccc(N2CCNCC2)c1.COc1nc(C)c(C)nc1NC(=O)Oc1ccccc1. The zero-order valence-corrected chi connectivity index (χ0v) is 20.6. The molecular formula is C24H28BrN5O3. The molecule has 0 unspecified atom stereocenters. The molecular weight excluding hydrogens is 486 g/mol. The summed E-state index contributed by atoms with van der Waals surface area (Å²) in [5, 5.41) is 5.86. The van der Waals surface area contributed by atoms with Crippen LogP contribution in [0.5, 0.6) is 11.6 Å². The number of para-hydroxylation sites is 1. The highest BCUT2D eigenvalue weighted by Gasteiger charge is 2.14. The lowest BCUT2D eigenvalue weighted by atomic mass is 10.2. The van der Waals surface area contributed by atoms with Crippen molar-refractivity contribution in [2.45, 2.75) is 13.8 Å². The summed E-state index contributed by atoms with van der Waals surface area (Å²) < 4.78 is 11.4. The van der Waals surface area contributed by atoms with E-state index >= 15 is 0 Å². The molecule has 1 aliphatic rings. The predicted octanol–water partition coefficient (Wildman–Crippen LogP) is 4.57. The van der Waals surface area contributed by atoms with Crippen LogP contribution in [0.15, 0.2) is 59.1 Å². The van der Waals surface area contributed by atoms with Gasteiger partial charge in [0.05, 0.1) is 18.5 Å². The fourth-order valence-corrected chi connectivity index (χ4v) is 3.51. The summed E-state index contributed by atoms with van der Waals surface area (Å²) in [5.74, 6) is 0.926. The third-order valence-corrected chi connectivity index (χ3v) is 5.43. The minimum absolute atomic E-state index is 0.233. The van der Waals surface area contributed by atoms with Crippen LogP contribution in [0, 0.1) is 13.8 Å². The van der Waals surface area contributed by atoms with Gasteiger partial charge < -0.3 is 19.7 Å². The van der Waals surface area contributed by atoms with Crippen molar-refractivity contribution < 1.29 is 14.3 Å². The first-order chi connectivity index (χ1) is 16.0. The van der Waals surface area contributed by atoms with Crippen LogP contribution < -0.4 is 25.0 Å². The quantitative estimate of drug-likeness (QED) is 0.527. The summed E-state index contributed by atoms with van der Waals surface area (Å²) in [6.07, 6.45) is -0.646. The van der Waals surface area contributed by atoms with Gasteiger partial charge in [0, 0.05) is 36.3 Å². The first-order valence-electron chi connectivity index (χ1n) is 10.6. The second-order valence-corrected chi connectivity index (χ2v) is 8.21. The summed E-state index contributed by atoms with van der Waals surface area (Å²) in [6.45, 7) is 8.01. The smallest absolute Gasteiger partial charge is 0.418 e. The zero-order valence-electron chi connectivity index (χ0n) is 19.0. The molecule has 2 N–H and O–H groups in total. The molecule has 2 aromatic carbocycles. The number of nitrogens with one attached hydrogen (secondary N) is 2. The van der Waals surface area contributed by atoms with E-state index in [-0.39, 0.29) is 11.7 Å². The van der Waals surface area contributed by atoms with Crippen molar-refractivity contribution in [3.8, 4) is 11.6 Å². The maximum absolute atomic E-state index is 11.8. The Balaban J connectivity index is 0.000000203. The van der Waals surface area contributed by atoms with E-state index in [0.29, 0.717) is 11.4 Å². The van der Waals surface area contributed by atoms with E-state index in [1.165, 1.54) is 12.8 Å². The van der Waals surface area contributed by atoms with Crippen LogP contribution in [0.2, 0.25) is 0 Å². The van der Waals surface area contributed by atoms with Crippen molar-refractivity contribution in [2.75, 3.05) is 43.5 Å². The van der Waals surface area contributed by atoms with E-state index in [1.807, 2.05) is 13.0 Å². The molecule has 0 bridgehead atoms. The molecule has 0 aliphatic carbocycles. The number of methoxy groups -OCH3 is 1. The highest BCUT2D eigenvalue weighted by molar-refractivity contribution is 9.10. The number of halogens is 1. The Morgan fingerprint density at radius 3 is 2.39 bits per heavy atom. The number of piperazine rings is 1. The van der Waals surface area contributed by atoms with E-state index in [1.54, 1.807) is 31.2 Å². The highest BCUT2D eigenvalue weighted by atomic mass is 79.9. The molecule has 1 aliphatic heterocycles. The maximum atomic E-state index is 11.8. The second kappa shape index (κ2) is 12.2. The molecule has 33 heavy (non-hydrogen) atoms.